The molecule has 0 unspecified atom stereocenters. The van der Waals surface area contributed by atoms with Crippen LogP contribution in [0.25, 0.3) is 10.6 Å². The molecule has 33 heavy (non-hydrogen) atoms. The molecule has 1 fully saturated rings. The number of piperazine rings is 1. The van der Waals surface area contributed by atoms with Crippen LogP contribution in [0.3, 0.4) is 0 Å². The molecule has 2 aromatic carbocycles. The van der Waals surface area contributed by atoms with Crippen molar-refractivity contribution in [3.05, 3.63) is 64.7 Å². The van der Waals surface area contributed by atoms with Crippen molar-refractivity contribution in [3.8, 4) is 16.6 Å². The molecule has 168 valence electrons. The van der Waals surface area contributed by atoms with Gasteiger partial charge in [0, 0.05) is 37.3 Å². The van der Waals surface area contributed by atoms with Crippen molar-refractivity contribution in [1.29, 1.82) is 5.26 Å². The highest BCUT2D eigenvalue weighted by atomic mass is 32.1. The number of aromatic nitrogens is 2. The van der Waals surface area contributed by atoms with Gasteiger partial charge in [-0.3, -0.25) is 14.5 Å². The van der Waals surface area contributed by atoms with Gasteiger partial charge in [0.15, 0.2) is 5.78 Å². The van der Waals surface area contributed by atoms with E-state index in [1.165, 1.54) is 11.3 Å². The standard InChI is InChI=1S/C24H24N6O2S/c1-29-9-11-30(12-10-29)16-22(32)26-20-13-18(7-8-19(20)15-25)21(31)14-23-27-28-24(33-23)17-5-3-2-4-6-17/h2-8,13H,9-12,14,16H2,1H3,(H,26,32). The monoisotopic (exact) mass is 460 g/mol. The van der Waals surface area contributed by atoms with Crippen LogP contribution in [0.5, 0.6) is 0 Å². The van der Waals surface area contributed by atoms with Crippen LogP contribution in [0, 0.1) is 11.3 Å². The van der Waals surface area contributed by atoms with Crippen molar-refractivity contribution in [2.75, 3.05) is 45.1 Å². The molecule has 1 aliphatic rings. The number of Topliss-reactive ketones (excluding diaryl/α,β-unsaturated/α-hetero) is 1. The zero-order valence-corrected chi connectivity index (χ0v) is 19.1. The van der Waals surface area contributed by atoms with Gasteiger partial charge in [0.2, 0.25) is 5.91 Å². The summed E-state index contributed by atoms with van der Waals surface area (Å²) in [6.07, 6.45) is 0.102. The number of anilines is 1. The van der Waals surface area contributed by atoms with E-state index in [9.17, 15) is 14.9 Å². The van der Waals surface area contributed by atoms with Gasteiger partial charge in [0.1, 0.15) is 16.1 Å². The Balaban J connectivity index is 1.42. The first kappa shape index (κ1) is 22.7. The van der Waals surface area contributed by atoms with Gasteiger partial charge in [0.05, 0.1) is 24.2 Å². The highest BCUT2D eigenvalue weighted by molar-refractivity contribution is 7.14. The molecule has 1 aliphatic heterocycles. The Labute approximate surface area is 196 Å². The minimum absolute atomic E-state index is 0.102. The molecule has 2 heterocycles. The number of likely N-dealkylation sites (N-methyl/N-ethyl adjacent to an activating group) is 1. The number of amides is 1. The number of benzene rings is 2. The molecular weight excluding hydrogens is 436 g/mol. The first-order valence-corrected chi connectivity index (χ1v) is 11.5. The average Bonchev–Trinajstić information content (AvgIpc) is 3.29. The molecule has 1 N–H and O–H groups in total. The van der Waals surface area contributed by atoms with E-state index < -0.39 is 0 Å². The van der Waals surface area contributed by atoms with Crippen LogP contribution in [0.2, 0.25) is 0 Å². The molecule has 8 nitrogen and oxygen atoms in total. The highest BCUT2D eigenvalue weighted by Gasteiger charge is 2.19. The summed E-state index contributed by atoms with van der Waals surface area (Å²) >= 11 is 1.38. The minimum Gasteiger partial charge on any atom is -0.324 e. The Morgan fingerprint density at radius 3 is 2.58 bits per heavy atom. The van der Waals surface area contributed by atoms with Crippen molar-refractivity contribution in [2.45, 2.75) is 6.42 Å². The van der Waals surface area contributed by atoms with Gasteiger partial charge in [-0.05, 0) is 25.2 Å². The molecule has 9 heteroatoms. The number of rotatable bonds is 7. The second-order valence-electron chi connectivity index (χ2n) is 7.97. The number of hydrogen-bond donors (Lipinski definition) is 1. The summed E-state index contributed by atoms with van der Waals surface area (Å²) in [7, 11) is 2.06. The van der Waals surface area contributed by atoms with Crippen LogP contribution < -0.4 is 5.32 Å². The molecule has 0 bridgehead atoms. The lowest BCUT2D eigenvalue weighted by Gasteiger charge is -2.31. The highest BCUT2D eigenvalue weighted by Crippen LogP contribution is 2.24. The van der Waals surface area contributed by atoms with Crippen molar-refractivity contribution in [1.82, 2.24) is 20.0 Å². The van der Waals surface area contributed by atoms with Gasteiger partial charge in [-0.15, -0.1) is 10.2 Å². The van der Waals surface area contributed by atoms with Gasteiger partial charge >= 0.3 is 0 Å². The van der Waals surface area contributed by atoms with E-state index in [1.807, 2.05) is 30.3 Å². The molecule has 3 aromatic rings. The van der Waals surface area contributed by atoms with E-state index >= 15 is 0 Å². The van der Waals surface area contributed by atoms with Gasteiger partial charge in [-0.1, -0.05) is 41.7 Å². The number of nitrogens with zero attached hydrogens (tertiary/aromatic N) is 5. The molecular formula is C24H24N6O2S. The number of carbonyl (C=O) groups is 2. The van der Waals surface area contributed by atoms with Crippen molar-refractivity contribution < 1.29 is 9.59 Å². The van der Waals surface area contributed by atoms with Gasteiger partial charge in [-0.2, -0.15) is 5.26 Å². The maximum atomic E-state index is 12.9. The quantitative estimate of drug-likeness (QED) is 0.541. The zero-order valence-electron chi connectivity index (χ0n) is 18.3. The predicted octanol–water partition coefficient (Wildman–Crippen LogP) is 2.69. The maximum absolute atomic E-state index is 12.9. The van der Waals surface area contributed by atoms with Crippen LogP contribution in [0.1, 0.15) is 20.9 Å². The van der Waals surface area contributed by atoms with Crippen LogP contribution in [-0.4, -0.2) is 71.5 Å². The first-order valence-electron chi connectivity index (χ1n) is 10.7. The van der Waals surface area contributed by atoms with Gasteiger partial charge < -0.3 is 10.2 Å². The normalized spacial score (nSPS) is 14.5. The van der Waals surface area contributed by atoms with Crippen LogP contribution in [0.15, 0.2) is 48.5 Å². The lowest BCUT2D eigenvalue weighted by atomic mass is 10.0. The third-order valence-electron chi connectivity index (χ3n) is 5.50. The fourth-order valence-electron chi connectivity index (χ4n) is 3.58. The third-order valence-corrected chi connectivity index (χ3v) is 6.47. The SMILES string of the molecule is CN1CCN(CC(=O)Nc2cc(C(=O)Cc3nnc(-c4ccccc4)s3)ccc2C#N)CC1. The molecule has 1 aromatic heterocycles. The minimum atomic E-state index is -0.197. The van der Waals surface area contributed by atoms with E-state index in [0.29, 0.717) is 21.8 Å². The summed E-state index contributed by atoms with van der Waals surface area (Å²) in [4.78, 5) is 29.7. The largest absolute Gasteiger partial charge is 0.324 e. The van der Waals surface area contributed by atoms with E-state index in [2.05, 4.69) is 38.4 Å². The number of carbonyl (C=O) groups excluding carboxylic acids is 2. The molecule has 4 rings (SSSR count). The van der Waals surface area contributed by atoms with Crippen molar-refractivity contribution >= 4 is 28.7 Å². The van der Waals surface area contributed by atoms with Crippen molar-refractivity contribution in [3.63, 3.8) is 0 Å². The maximum Gasteiger partial charge on any atom is 0.238 e. The van der Waals surface area contributed by atoms with Gasteiger partial charge in [0.25, 0.3) is 0 Å². The zero-order chi connectivity index (χ0) is 23.2. The molecule has 0 atom stereocenters. The topological polar surface area (TPSA) is 102 Å². The molecule has 0 aliphatic carbocycles. The van der Waals surface area contributed by atoms with E-state index in [-0.39, 0.29) is 24.7 Å². The van der Waals surface area contributed by atoms with Crippen molar-refractivity contribution in [2.24, 2.45) is 0 Å². The summed E-state index contributed by atoms with van der Waals surface area (Å²) in [5.41, 5.74) is 2.04. The summed E-state index contributed by atoms with van der Waals surface area (Å²) in [6.45, 7) is 3.72. The number of nitrogens with one attached hydrogen (secondary N) is 1. The second kappa shape index (κ2) is 10.4. The van der Waals surface area contributed by atoms with Crippen LogP contribution in [-0.2, 0) is 11.2 Å². The average molecular weight is 461 g/mol. The smallest absolute Gasteiger partial charge is 0.238 e. The molecule has 0 radical (unpaired) electrons. The predicted molar refractivity (Wildman–Crippen MR) is 127 cm³/mol. The van der Waals surface area contributed by atoms with E-state index in [1.54, 1.807) is 18.2 Å². The molecule has 1 amide bonds. The fourth-order valence-corrected chi connectivity index (χ4v) is 4.42. The lowest BCUT2D eigenvalue weighted by Crippen LogP contribution is -2.47. The number of nitriles is 1. The molecule has 0 saturated carbocycles. The van der Waals surface area contributed by atoms with Crippen LogP contribution >= 0.6 is 11.3 Å². The number of hydrogen-bond acceptors (Lipinski definition) is 8. The summed E-state index contributed by atoms with van der Waals surface area (Å²) in [5, 5.41) is 22.0. The Hall–Kier alpha value is -3.45. The summed E-state index contributed by atoms with van der Waals surface area (Å²) < 4.78 is 0. The Morgan fingerprint density at radius 2 is 1.85 bits per heavy atom. The first-order chi connectivity index (χ1) is 16.0. The Bertz CT molecular complexity index is 1180. The van der Waals surface area contributed by atoms with Crippen LogP contribution in [0.4, 0.5) is 5.69 Å². The van der Waals surface area contributed by atoms with Gasteiger partial charge in [-0.25, -0.2) is 0 Å². The molecule has 0 spiro atoms. The lowest BCUT2D eigenvalue weighted by molar-refractivity contribution is -0.117. The Morgan fingerprint density at radius 1 is 1.09 bits per heavy atom. The second-order valence-corrected chi connectivity index (χ2v) is 9.03. The fraction of sp³-hybridized carbons (Fsp3) is 0.292. The van der Waals surface area contributed by atoms with E-state index in [4.69, 9.17) is 0 Å². The third kappa shape index (κ3) is 5.87. The summed E-state index contributed by atoms with van der Waals surface area (Å²) in [5.74, 6) is -0.345. The Kier molecular flexibility index (Phi) is 7.19. The molecule has 1 saturated heterocycles. The number of ketones is 1. The summed E-state index contributed by atoms with van der Waals surface area (Å²) in [6, 6.07) is 16.5. The van der Waals surface area contributed by atoms with E-state index in [0.717, 1.165) is 36.8 Å².